The molecule has 0 aliphatic heterocycles. The van der Waals surface area contributed by atoms with Crippen molar-refractivity contribution in [2.45, 2.75) is 32.7 Å². The van der Waals surface area contributed by atoms with Crippen molar-refractivity contribution in [3.05, 3.63) is 48.2 Å². The Bertz CT molecular complexity index is 943. The van der Waals surface area contributed by atoms with E-state index in [1.807, 2.05) is 50.2 Å². The molecule has 0 aliphatic rings. The Kier molecular flexibility index (Phi) is 5.26. The smallest absolute Gasteiger partial charge is 0.328 e. The van der Waals surface area contributed by atoms with E-state index in [0.29, 0.717) is 0 Å². The highest BCUT2D eigenvalue weighted by molar-refractivity contribution is 6.08. The highest BCUT2D eigenvalue weighted by Gasteiger charge is 2.27. The third-order valence-corrected chi connectivity index (χ3v) is 4.88. The summed E-state index contributed by atoms with van der Waals surface area (Å²) in [5, 5.41) is 5.90. The maximum absolute atomic E-state index is 12.6. The molecule has 0 saturated carbocycles. The zero-order valence-corrected chi connectivity index (χ0v) is 15.2. The minimum absolute atomic E-state index is 0.00618. The summed E-state index contributed by atoms with van der Waals surface area (Å²) >= 11 is 0. The van der Waals surface area contributed by atoms with Gasteiger partial charge in [0, 0.05) is 10.9 Å². The average Bonchev–Trinajstić information content (AvgIpc) is 3.08. The Morgan fingerprint density at radius 2 is 1.96 bits per heavy atom. The van der Waals surface area contributed by atoms with Crippen LogP contribution in [0.2, 0.25) is 0 Å². The number of methoxy groups -OCH3 is 1. The zero-order valence-electron chi connectivity index (χ0n) is 15.2. The summed E-state index contributed by atoms with van der Waals surface area (Å²) in [5.74, 6) is -0.653. The number of carbonyl (C=O) groups is 2. The molecule has 0 bridgehead atoms. The van der Waals surface area contributed by atoms with Crippen molar-refractivity contribution in [1.82, 2.24) is 5.32 Å². The van der Waals surface area contributed by atoms with E-state index in [9.17, 15) is 9.59 Å². The van der Waals surface area contributed by atoms with Crippen LogP contribution in [0.3, 0.4) is 0 Å². The largest absolute Gasteiger partial charge is 0.467 e. The summed E-state index contributed by atoms with van der Waals surface area (Å²) in [6.45, 7) is 3.89. The normalized spacial score (nSPS) is 13.5. The maximum atomic E-state index is 12.6. The van der Waals surface area contributed by atoms with Gasteiger partial charge in [0.2, 0.25) is 5.91 Å². The van der Waals surface area contributed by atoms with Crippen LogP contribution in [0.25, 0.3) is 21.7 Å². The van der Waals surface area contributed by atoms with Crippen LogP contribution >= 0.6 is 0 Å². The molecule has 1 aromatic heterocycles. The van der Waals surface area contributed by atoms with E-state index in [-0.39, 0.29) is 18.2 Å². The number of hydrogen-bond acceptors (Lipinski definition) is 4. The highest BCUT2D eigenvalue weighted by Crippen LogP contribution is 2.30. The van der Waals surface area contributed by atoms with Gasteiger partial charge in [0.1, 0.15) is 11.6 Å². The first-order valence-corrected chi connectivity index (χ1v) is 8.80. The molecule has 0 spiro atoms. The van der Waals surface area contributed by atoms with Crippen LogP contribution in [0.1, 0.15) is 25.8 Å². The van der Waals surface area contributed by atoms with Crippen molar-refractivity contribution in [3.8, 4) is 0 Å². The SMILES string of the molecule is CC[C@H](C)[C@H](NC(=O)Cc1coc2ccc3ccccc3c12)C(=O)OC. The van der Waals surface area contributed by atoms with E-state index in [0.717, 1.165) is 33.7 Å². The van der Waals surface area contributed by atoms with E-state index >= 15 is 0 Å². The molecule has 0 unspecified atom stereocenters. The number of carbonyl (C=O) groups excluding carboxylic acids is 2. The third-order valence-electron chi connectivity index (χ3n) is 4.88. The van der Waals surface area contributed by atoms with Gasteiger partial charge >= 0.3 is 5.97 Å². The number of nitrogens with one attached hydrogen (secondary N) is 1. The molecule has 26 heavy (non-hydrogen) atoms. The fourth-order valence-corrected chi connectivity index (χ4v) is 3.20. The summed E-state index contributed by atoms with van der Waals surface area (Å²) in [5.41, 5.74) is 1.56. The molecule has 0 fully saturated rings. The highest BCUT2D eigenvalue weighted by atomic mass is 16.5. The summed E-state index contributed by atoms with van der Waals surface area (Å²) < 4.78 is 10.5. The van der Waals surface area contributed by atoms with E-state index in [1.54, 1.807) is 6.26 Å². The minimum atomic E-state index is -0.646. The fraction of sp³-hybridized carbons (Fsp3) is 0.333. The van der Waals surface area contributed by atoms with Crippen LogP contribution in [0.5, 0.6) is 0 Å². The van der Waals surface area contributed by atoms with Crippen molar-refractivity contribution >= 4 is 33.6 Å². The second kappa shape index (κ2) is 7.60. The van der Waals surface area contributed by atoms with Gasteiger partial charge in [-0.25, -0.2) is 4.79 Å². The lowest BCUT2D eigenvalue weighted by molar-refractivity contribution is -0.146. The predicted molar refractivity (Wildman–Crippen MR) is 101 cm³/mol. The first-order chi connectivity index (χ1) is 12.5. The summed E-state index contributed by atoms with van der Waals surface area (Å²) in [6, 6.07) is 11.3. The molecule has 2 atom stereocenters. The van der Waals surface area contributed by atoms with Crippen LogP contribution in [-0.4, -0.2) is 25.0 Å². The Labute approximate surface area is 152 Å². The number of hydrogen-bond donors (Lipinski definition) is 1. The van der Waals surface area contributed by atoms with Gasteiger partial charge in [0.15, 0.2) is 0 Å². The van der Waals surface area contributed by atoms with Crippen molar-refractivity contribution in [2.75, 3.05) is 7.11 Å². The molecular formula is C21H23NO4. The Balaban J connectivity index is 1.87. The summed E-state index contributed by atoms with van der Waals surface area (Å²) in [7, 11) is 1.33. The number of rotatable bonds is 6. The number of furan rings is 1. The molecule has 2 aromatic carbocycles. The second-order valence-electron chi connectivity index (χ2n) is 6.55. The third kappa shape index (κ3) is 3.43. The molecule has 3 rings (SSSR count). The topological polar surface area (TPSA) is 68.5 Å². The number of ether oxygens (including phenoxy) is 1. The molecule has 136 valence electrons. The van der Waals surface area contributed by atoms with E-state index < -0.39 is 12.0 Å². The first kappa shape index (κ1) is 18.0. The number of fused-ring (bicyclic) bond motifs is 3. The van der Waals surface area contributed by atoms with Gasteiger partial charge in [-0.2, -0.15) is 0 Å². The van der Waals surface area contributed by atoms with Gasteiger partial charge in [0.05, 0.1) is 19.8 Å². The van der Waals surface area contributed by atoms with Gasteiger partial charge in [0.25, 0.3) is 0 Å². The van der Waals surface area contributed by atoms with Crippen molar-refractivity contribution in [1.29, 1.82) is 0 Å². The average molecular weight is 353 g/mol. The van der Waals surface area contributed by atoms with E-state index in [1.165, 1.54) is 7.11 Å². The van der Waals surface area contributed by atoms with Gasteiger partial charge < -0.3 is 14.5 Å². The first-order valence-electron chi connectivity index (χ1n) is 8.80. The lowest BCUT2D eigenvalue weighted by Gasteiger charge is -2.21. The number of benzene rings is 2. The van der Waals surface area contributed by atoms with Crippen molar-refractivity contribution in [3.63, 3.8) is 0 Å². The lowest BCUT2D eigenvalue weighted by atomic mass is 9.98. The molecule has 1 amide bonds. The quantitative estimate of drug-likeness (QED) is 0.684. The second-order valence-corrected chi connectivity index (χ2v) is 6.55. The Hall–Kier alpha value is -2.82. The van der Waals surface area contributed by atoms with Gasteiger partial charge in [-0.3, -0.25) is 4.79 Å². The van der Waals surface area contributed by atoms with E-state index in [4.69, 9.17) is 9.15 Å². The Morgan fingerprint density at radius 1 is 1.19 bits per heavy atom. The van der Waals surface area contributed by atoms with Gasteiger partial charge in [-0.15, -0.1) is 0 Å². The van der Waals surface area contributed by atoms with Gasteiger partial charge in [-0.1, -0.05) is 50.6 Å². The molecule has 0 saturated heterocycles. The van der Waals surface area contributed by atoms with E-state index in [2.05, 4.69) is 5.32 Å². The zero-order chi connectivity index (χ0) is 18.7. The van der Waals surface area contributed by atoms with Crippen LogP contribution in [0.15, 0.2) is 47.1 Å². The molecule has 3 aromatic rings. The maximum Gasteiger partial charge on any atom is 0.328 e. The van der Waals surface area contributed by atoms with Crippen LogP contribution in [0.4, 0.5) is 0 Å². The molecule has 1 N–H and O–H groups in total. The van der Waals surface area contributed by atoms with Gasteiger partial charge in [-0.05, 0) is 22.8 Å². The molecular weight excluding hydrogens is 330 g/mol. The van der Waals surface area contributed by atoms with Crippen LogP contribution < -0.4 is 5.32 Å². The molecule has 5 heteroatoms. The number of amides is 1. The van der Waals surface area contributed by atoms with Crippen molar-refractivity contribution < 1.29 is 18.7 Å². The lowest BCUT2D eigenvalue weighted by Crippen LogP contribution is -2.46. The summed E-state index contributed by atoms with van der Waals surface area (Å²) in [4.78, 5) is 24.6. The standard InChI is InChI=1S/C21H23NO4/c1-4-13(2)20(21(24)25-3)22-18(23)11-15-12-26-17-10-9-14-7-5-6-8-16(14)19(15)17/h5-10,12-13,20H,4,11H2,1-3H3,(H,22,23)/t13-,20-/m0/s1. The van der Waals surface area contributed by atoms with Crippen LogP contribution in [0, 0.1) is 5.92 Å². The van der Waals surface area contributed by atoms with Crippen LogP contribution in [-0.2, 0) is 20.7 Å². The Morgan fingerprint density at radius 3 is 2.69 bits per heavy atom. The predicted octanol–water partition coefficient (Wildman–Crippen LogP) is 3.83. The molecule has 0 radical (unpaired) electrons. The summed E-state index contributed by atoms with van der Waals surface area (Å²) in [6.07, 6.45) is 2.53. The molecule has 1 heterocycles. The molecule has 5 nitrogen and oxygen atoms in total. The molecule has 0 aliphatic carbocycles. The monoisotopic (exact) mass is 353 g/mol. The minimum Gasteiger partial charge on any atom is -0.467 e. The van der Waals surface area contributed by atoms with Crippen molar-refractivity contribution in [2.24, 2.45) is 5.92 Å². The fourth-order valence-electron chi connectivity index (χ4n) is 3.20. The number of esters is 1.